The second kappa shape index (κ2) is 6.30. The minimum atomic E-state index is -0.316. The molecule has 0 N–H and O–H groups in total. The van der Waals surface area contributed by atoms with Crippen LogP contribution in [0.3, 0.4) is 0 Å². The van der Waals surface area contributed by atoms with Crippen LogP contribution in [-0.4, -0.2) is 34.0 Å². The Morgan fingerprint density at radius 1 is 1.45 bits per heavy atom. The highest BCUT2D eigenvalue weighted by Crippen LogP contribution is 2.20. The Hall–Kier alpha value is -2.17. The number of hydrogen-bond donors (Lipinski definition) is 0. The highest BCUT2D eigenvalue weighted by Gasteiger charge is 2.22. The molecule has 1 aromatic heterocycles. The van der Waals surface area contributed by atoms with Gasteiger partial charge in [0.25, 0.3) is 0 Å². The lowest BCUT2D eigenvalue weighted by molar-refractivity contribution is -0.129. The van der Waals surface area contributed by atoms with Crippen LogP contribution in [0, 0.1) is 11.7 Å². The summed E-state index contributed by atoms with van der Waals surface area (Å²) in [4.78, 5) is 18.3. The number of hydrogen-bond acceptors (Lipinski definition) is 2. The Kier molecular flexibility index (Phi) is 4.22. The Morgan fingerprint density at radius 2 is 2.27 bits per heavy atom. The molecule has 3 rings (SSSR count). The third-order valence-electron chi connectivity index (χ3n) is 4.31. The molecule has 5 heteroatoms. The highest BCUT2D eigenvalue weighted by molar-refractivity contribution is 5.78. The van der Waals surface area contributed by atoms with Crippen molar-refractivity contribution in [2.75, 3.05) is 13.6 Å². The van der Waals surface area contributed by atoms with Crippen molar-refractivity contribution < 1.29 is 9.18 Å². The number of imidazole rings is 1. The quantitative estimate of drug-likeness (QED) is 0.869. The molecule has 0 aliphatic carbocycles. The van der Waals surface area contributed by atoms with E-state index in [4.69, 9.17) is 0 Å². The first-order chi connectivity index (χ1) is 10.6. The zero-order valence-electron chi connectivity index (χ0n) is 12.7. The van der Waals surface area contributed by atoms with Crippen LogP contribution in [0.4, 0.5) is 4.39 Å². The third kappa shape index (κ3) is 3.18. The summed E-state index contributed by atoms with van der Waals surface area (Å²) in [5.41, 5.74) is 0.457. The lowest BCUT2D eigenvalue weighted by atomic mass is 9.97. The zero-order valence-corrected chi connectivity index (χ0v) is 12.7. The Labute approximate surface area is 129 Å². The molecule has 116 valence electrons. The van der Waals surface area contributed by atoms with Crippen molar-refractivity contribution in [1.29, 1.82) is 0 Å². The van der Waals surface area contributed by atoms with Gasteiger partial charge in [0.2, 0.25) is 5.91 Å². The molecule has 0 radical (unpaired) electrons. The molecule has 0 bridgehead atoms. The summed E-state index contributed by atoms with van der Waals surface area (Å²) in [5, 5.41) is 0. The second-order valence-electron chi connectivity index (χ2n) is 5.94. The summed E-state index contributed by atoms with van der Waals surface area (Å²) < 4.78 is 15.8. The second-order valence-corrected chi connectivity index (χ2v) is 5.94. The van der Waals surface area contributed by atoms with E-state index in [9.17, 15) is 9.18 Å². The lowest BCUT2D eigenvalue weighted by Crippen LogP contribution is -2.35. The molecular weight excluding hydrogens is 281 g/mol. The van der Waals surface area contributed by atoms with Crippen LogP contribution in [0.15, 0.2) is 36.7 Å². The molecule has 1 amide bonds. The van der Waals surface area contributed by atoms with Crippen LogP contribution < -0.4 is 0 Å². The Morgan fingerprint density at radius 3 is 3.09 bits per heavy atom. The van der Waals surface area contributed by atoms with Gasteiger partial charge in [-0.15, -0.1) is 0 Å². The minimum Gasteiger partial charge on any atom is -0.345 e. The van der Waals surface area contributed by atoms with E-state index in [1.165, 1.54) is 6.07 Å². The van der Waals surface area contributed by atoms with Gasteiger partial charge in [-0.3, -0.25) is 4.79 Å². The summed E-state index contributed by atoms with van der Waals surface area (Å²) in [6.07, 6.45) is 5.87. The number of aryl methyl sites for hydroxylation is 1. The predicted octanol–water partition coefficient (Wildman–Crippen LogP) is 2.29. The van der Waals surface area contributed by atoms with Gasteiger partial charge >= 0.3 is 0 Å². The summed E-state index contributed by atoms with van der Waals surface area (Å²) in [5.74, 6) is 1.15. The first-order valence-corrected chi connectivity index (χ1v) is 7.61. The standard InChI is InChI=1S/C17H20FN3O/c1-20(17(22)11-14-4-2-3-5-15(14)18)12-13-6-8-21-9-7-19-16(21)10-13/h2-5,7,9,13H,6,8,10-12H2,1H3/t13-/m0/s1. The Bertz CT molecular complexity index is 667. The van der Waals surface area contributed by atoms with E-state index in [0.717, 1.165) is 25.2 Å². The van der Waals surface area contributed by atoms with E-state index < -0.39 is 0 Å². The van der Waals surface area contributed by atoms with Gasteiger partial charge in [0.1, 0.15) is 11.6 Å². The molecule has 2 heterocycles. The number of aromatic nitrogens is 2. The van der Waals surface area contributed by atoms with Crippen molar-refractivity contribution in [3.63, 3.8) is 0 Å². The van der Waals surface area contributed by atoms with E-state index in [-0.39, 0.29) is 18.1 Å². The third-order valence-corrected chi connectivity index (χ3v) is 4.31. The minimum absolute atomic E-state index is 0.0426. The van der Waals surface area contributed by atoms with Crippen LogP contribution in [0.1, 0.15) is 17.8 Å². The average molecular weight is 301 g/mol. The monoisotopic (exact) mass is 301 g/mol. The number of amides is 1. The van der Waals surface area contributed by atoms with Gasteiger partial charge < -0.3 is 9.47 Å². The molecule has 22 heavy (non-hydrogen) atoms. The fourth-order valence-electron chi connectivity index (χ4n) is 3.00. The summed E-state index contributed by atoms with van der Waals surface area (Å²) in [7, 11) is 1.80. The van der Waals surface area contributed by atoms with E-state index in [2.05, 4.69) is 9.55 Å². The van der Waals surface area contributed by atoms with Gasteiger partial charge in [-0.05, 0) is 24.0 Å². The van der Waals surface area contributed by atoms with Gasteiger partial charge in [-0.25, -0.2) is 9.37 Å². The molecule has 0 spiro atoms. The molecular formula is C17H20FN3O. The normalized spacial score (nSPS) is 17.1. The zero-order chi connectivity index (χ0) is 15.5. The highest BCUT2D eigenvalue weighted by atomic mass is 19.1. The van der Waals surface area contributed by atoms with Crippen LogP contribution in [0.2, 0.25) is 0 Å². The summed E-state index contributed by atoms with van der Waals surface area (Å²) in [6.45, 7) is 1.65. The van der Waals surface area contributed by atoms with Gasteiger partial charge in [0.05, 0.1) is 6.42 Å². The number of benzene rings is 1. The maximum atomic E-state index is 13.6. The van der Waals surface area contributed by atoms with E-state index in [0.29, 0.717) is 18.0 Å². The van der Waals surface area contributed by atoms with Crippen molar-refractivity contribution >= 4 is 5.91 Å². The van der Waals surface area contributed by atoms with Gasteiger partial charge in [0, 0.05) is 39.0 Å². The van der Waals surface area contributed by atoms with Crippen LogP contribution >= 0.6 is 0 Å². The van der Waals surface area contributed by atoms with Gasteiger partial charge in [0.15, 0.2) is 0 Å². The Balaban J connectivity index is 1.57. The molecule has 1 aliphatic heterocycles. The predicted molar refractivity (Wildman–Crippen MR) is 81.8 cm³/mol. The molecule has 1 atom stereocenters. The summed E-state index contributed by atoms with van der Waals surface area (Å²) in [6, 6.07) is 6.45. The molecule has 0 unspecified atom stereocenters. The molecule has 2 aromatic rings. The summed E-state index contributed by atoms with van der Waals surface area (Å²) >= 11 is 0. The van der Waals surface area contributed by atoms with Crippen LogP contribution in [0.25, 0.3) is 0 Å². The number of halogens is 1. The largest absolute Gasteiger partial charge is 0.345 e. The van der Waals surface area contributed by atoms with E-state index in [1.54, 1.807) is 30.1 Å². The number of likely N-dealkylation sites (N-methyl/N-ethyl adjacent to an activating group) is 1. The topological polar surface area (TPSA) is 38.1 Å². The maximum absolute atomic E-state index is 13.6. The van der Waals surface area contributed by atoms with Crippen LogP contribution in [-0.2, 0) is 24.2 Å². The number of nitrogens with zero attached hydrogens (tertiary/aromatic N) is 3. The molecule has 0 saturated heterocycles. The number of carbonyl (C=O) groups excluding carboxylic acids is 1. The smallest absolute Gasteiger partial charge is 0.226 e. The van der Waals surface area contributed by atoms with E-state index >= 15 is 0 Å². The number of carbonyl (C=O) groups is 1. The van der Waals surface area contributed by atoms with Crippen molar-refractivity contribution in [1.82, 2.24) is 14.5 Å². The molecule has 0 saturated carbocycles. The van der Waals surface area contributed by atoms with Crippen LogP contribution in [0.5, 0.6) is 0 Å². The molecule has 1 aromatic carbocycles. The SMILES string of the molecule is CN(C[C@H]1CCn2ccnc2C1)C(=O)Cc1ccccc1F. The van der Waals surface area contributed by atoms with Crippen molar-refractivity contribution in [3.05, 3.63) is 53.9 Å². The van der Waals surface area contributed by atoms with Gasteiger partial charge in [-0.1, -0.05) is 18.2 Å². The average Bonchev–Trinajstić information content (AvgIpc) is 2.97. The maximum Gasteiger partial charge on any atom is 0.226 e. The first kappa shape index (κ1) is 14.8. The molecule has 1 aliphatic rings. The number of fused-ring (bicyclic) bond motifs is 1. The lowest BCUT2D eigenvalue weighted by Gasteiger charge is -2.28. The van der Waals surface area contributed by atoms with Crippen molar-refractivity contribution in [2.45, 2.75) is 25.8 Å². The molecule has 4 nitrogen and oxygen atoms in total. The fourth-order valence-corrected chi connectivity index (χ4v) is 3.00. The van der Waals surface area contributed by atoms with E-state index in [1.807, 2.05) is 12.4 Å². The first-order valence-electron chi connectivity index (χ1n) is 7.61. The number of rotatable bonds is 4. The van der Waals surface area contributed by atoms with Crippen molar-refractivity contribution in [2.24, 2.45) is 5.92 Å². The van der Waals surface area contributed by atoms with Crippen molar-refractivity contribution in [3.8, 4) is 0 Å². The molecule has 0 fully saturated rings. The fraction of sp³-hybridized carbons (Fsp3) is 0.412. The van der Waals surface area contributed by atoms with Gasteiger partial charge in [-0.2, -0.15) is 0 Å².